The number of anilines is 2. The van der Waals surface area contributed by atoms with Crippen LogP contribution in [0.15, 0.2) is 6.33 Å². The van der Waals surface area contributed by atoms with Gasteiger partial charge in [-0.1, -0.05) is 6.92 Å². The summed E-state index contributed by atoms with van der Waals surface area (Å²) in [5, 5.41) is 6.16. The first-order valence-electron chi connectivity index (χ1n) is 6.79. The van der Waals surface area contributed by atoms with Crippen LogP contribution in [0.2, 0.25) is 0 Å². The van der Waals surface area contributed by atoms with E-state index < -0.39 is 0 Å². The molecule has 2 rings (SSSR count). The van der Waals surface area contributed by atoms with Gasteiger partial charge in [0.2, 0.25) is 5.91 Å². The van der Waals surface area contributed by atoms with Crippen molar-refractivity contribution in [2.24, 2.45) is 0 Å². The lowest BCUT2D eigenvalue weighted by Crippen LogP contribution is -2.34. The van der Waals surface area contributed by atoms with E-state index in [1.807, 2.05) is 11.8 Å². The zero-order valence-electron chi connectivity index (χ0n) is 11.6. The van der Waals surface area contributed by atoms with Gasteiger partial charge in [0.25, 0.3) is 0 Å². The number of nitrogens with zero attached hydrogens (tertiary/aromatic N) is 3. The average Bonchev–Trinajstić information content (AvgIpc) is 2.62. The average molecular weight is 263 g/mol. The SMILES string of the molecule is CCCNc1ncnc(N2CCCNC(=O)C2)c1C. The molecule has 6 nitrogen and oxygen atoms in total. The fourth-order valence-electron chi connectivity index (χ4n) is 2.17. The van der Waals surface area contributed by atoms with Crippen LogP contribution in [-0.4, -0.2) is 42.1 Å². The molecule has 1 aromatic rings. The first kappa shape index (κ1) is 13.6. The first-order valence-corrected chi connectivity index (χ1v) is 6.79. The van der Waals surface area contributed by atoms with E-state index in [-0.39, 0.29) is 5.91 Å². The summed E-state index contributed by atoms with van der Waals surface area (Å²) in [6.45, 7) is 6.94. The summed E-state index contributed by atoms with van der Waals surface area (Å²) in [6.07, 6.45) is 3.54. The van der Waals surface area contributed by atoms with E-state index in [0.717, 1.165) is 49.7 Å². The second kappa shape index (κ2) is 6.36. The molecule has 1 fully saturated rings. The molecule has 2 N–H and O–H groups in total. The number of rotatable bonds is 4. The van der Waals surface area contributed by atoms with Crippen molar-refractivity contribution in [2.75, 3.05) is 36.4 Å². The molecule has 104 valence electrons. The van der Waals surface area contributed by atoms with Gasteiger partial charge in [-0.2, -0.15) is 0 Å². The maximum atomic E-state index is 11.6. The third-order valence-electron chi connectivity index (χ3n) is 3.16. The minimum Gasteiger partial charge on any atom is -0.370 e. The van der Waals surface area contributed by atoms with E-state index in [9.17, 15) is 4.79 Å². The Bertz CT molecular complexity index is 449. The normalized spacial score (nSPS) is 15.9. The molecule has 0 saturated carbocycles. The zero-order chi connectivity index (χ0) is 13.7. The molecular formula is C13H21N5O. The summed E-state index contributed by atoms with van der Waals surface area (Å²) < 4.78 is 0. The maximum absolute atomic E-state index is 11.6. The molecule has 0 unspecified atom stereocenters. The number of carbonyl (C=O) groups is 1. The van der Waals surface area contributed by atoms with E-state index in [0.29, 0.717) is 6.54 Å². The Morgan fingerprint density at radius 1 is 1.47 bits per heavy atom. The highest BCUT2D eigenvalue weighted by Gasteiger charge is 2.19. The predicted molar refractivity (Wildman–Crippen MR) is 75.4 cm³/mol. The van der Waals surface area contributed by atoms with Crippen LogP contribution < -0.4 is 15.5 Å². The van der Waals surface area contributed by atoms with Crippen molar-refractivity contribution in [1.29, 1.82) is 0 Å². The van der Waals surface area contributed by atoms with Gasteiger partial charge < -0.3 is 15.5 Å². The zero-order valence-corrected chi connectivity index (χ0v) is 11.6. The molecule has 0 aromatic carbocycles. The van der Waals surface area contributed by atoms with Crippen LogP contribution in [0.25, 0.3) is 0 Å². The van der Waals surface area contributed by atoms with E-state index in [1.54, 1.807) is 6.33 Å². The maximum Gasteiger partial charge on any atom is 0.239 e. The number of carbonyl (C=O) groups excluding carboxylic acids is 1. The molecule has 1 aliphatic heterocycles. The number of nitrogens with one attached hydrogen (secondary N) is 2. The minimum absolute atomic E-state index is 0.0542. The quantitative estimate of drug-likeness (QED) is 0.846. The van der Waals surface area contributed by atoms with Crippen molar-refractivity contribution in [2.45, 2.75) is 26.7 Å². The molecule has 1 aliphatic rings. The van der Waals surface area contributed by atoms with E-state index in [2.05, 4.69) is 27.5 Å². The van der Waals surface area contributed by atoms with Crippen molar-refractivity contribution in [3.63, 3.8) is 0 Å². The fourth-order valence-corrected chi connectivity index (χ4v) is 2.17. The Morgan fingerprint density at radius 3 is 3.11 bits per heavy atom. The van der Waals surface area contributed by atoms with Crippen LogP contribution >= 0.6 is 0 Å². The second-order valence-electron chi connectivity index (χ2n) is 4.72. The highest BCUT2D eigenvalue weighted by Crippen LogP contribution is 2.22. The Labute approximate surface area is 113 Å². The molecule has 0 aliphatic carbocycles. The summed E-state index contributed by atoms with van der Waals surface area (Å²) >= 11 is 0. The Morgan fingerprint density at radius 2 is 2.32 bits per heavy atom. The van der Waals surface area contributed by atoms with Crippen molar-refractivity contribution in [3.8, 4) is 0 Å². The first-order chi connectivity index (χ1) is 9.22. The highest BCUT2D eigenvalue weighted by molar-refractivity contribution is 5.82. The van der Waals surface area contributed by atoms with Crippen LogP contribution in [0.5, 0.6) is 0 Å². The lowest BCUT2D eigenvalue weighted by atomic mass is 10.2. The van der Waals surface area contributed by atoms with Gasteiger partial charge in [-0.15, -0.1) is 0 Å². The lowest BCUT2D eigenvalue weighted by molar-refractivity contribution is -0.119. The standard InChI is InChI=1S/C13H21N5O/c1-3-5-15-12-10(2)13(17-9-16-12)18-7-4-6-14-11(19)8-18/h9H,3-8H2,1-2H3,(H,14,19)(H,15,16,17). The Hall–Kier alpha value is -1.85. The molecule has 0 atom stereocenters. The highest BCUT2D eigenvalue weighted by atomic mass is 16.2. The van der Waals surface area contributed by atoms with Crippen LogP contribution in [-0.2, 0) is 4.79 Å². The number of hydrogen-bond acceptors (Lipinski definition) is 5. The van der Waals surface area contributed by atoms with Crippen molar-refractivity contribution in [1.82, 2.24) is 15.3 Å². The van der Waals surface area contributed by atoms with Gasteiger partial charge in [0, 0.05) is 25.2 Å². The molecule has 0 radical (unpaired) electrons. The summed E-state index contributed by atoms with van der Waals surface area (Å²) in [6, 6.07) is 0. The minimum atomic E-state index is 0.0542. The van der Waals surface area contributed by atoms with Gasteiger partial charge in [-0.05, 0) is 19.8 Å². The van der Waals surface area contributed by atoms with Gasteiger partial charge in [-0.3, -0.25) is 4.79 Å². The van der Waals surface area contributed by atoms with Gasteiger partial charge in [0.05, 0.1) is 6.54 Å². The smallest absolute Gasteiger partial charge is 0.239 e. The van der Waals surface area contributed by atoms with Crippen LogP contribution in [0.1, 0.15) is 25.3 Å². The summed E-state index contributed by atoms with van der Waals surface area (Å²) in [5.74, 6) is 1.76. The van der Waals surface area contributed by atoms with Crippen molar-refractivity contribution in [3.05, 3.63) is 11.9 Å². The number of hydrogen-bond donors (Lipinski definition) is 2. The molecule has 0 spiro atoms. The monoisotopic (exact) mass is 263 g/mol. The molecular weight excluding hydrogens is 242 g/mol. The Balaban J connectivity index is 2.20. The lowest BCUT2D eigenvalue weighted by Gasteiger charge is -2.22. The second-order valence-corrected chi connectivity index (χ2v) is 4.72. The molecule has 6 heteroatoms. The van der Waals surface area contributed by atoms with Crippen LogP contribution in [0, 0.1) is 6.92 Å². The molecule has 1 aromatic heterocycles. The Kier molecular flexibility index (Phi) is 4.54. The third-order valence-corrected chi connectivity index (χ3v) is 3.16. The molecule has 1 saturated heterocycles. The van der Waals surface area contributed by atoms with Gasteiger partial charge in [0.1, 0.15) is 18.0 Å². The van der Waals surface area contributed by atoms with Crippen LogP contribution in [0.3, 0.4) is 0 Å². The van der Waals surface area contributed by atoms with E-state index in [4.69, 9.17) is 0 Å². The summed E-state index contributed by atoms with van der Waals surface area (Å²) in [7, 11) is 0. The molecule has 2 heterocycles. The van der Waals surface area contributed by atoms with Gasteiger partial charge in [0.15, 0.2) is 0 Å². The largest absolute Gasteiger partial charge is 0.370 e. The van der Waals surface area contributed by atoms with Gasteiger partial charge in [-0.25, -0.2) is 9.97 Å². The van der Waals surface area contributed by atoms with Gasteiger partial charge >= 0.3 is 0 Å². The fraction of sp³-hybridized carbons (Fsp3) is 0.615. The summed E-state index contributed by atoms with van der Waals surface area (Å²) in [5.41, 5.74) is 1.01. The predicted octanol–water partition coefficient (Wildman–Crippen LogP) is 0.933. The summed E-state index contributed by atoms with van der Waals surface area (Å²) in [4.78, 5) is 22.3. The van der Waals surface area contributed by atoms with E-state index >= 15 is 0 Å². The van der Waals surface area contributed by atoms with Crippen molar-refractivity contribution >= 4 is 17.5 Å². The number of aromatic nitrogens is 2. The third kappa shape index (κ3) is 3.33. The van der Waals surface area contributed by atoms with Crippen LogP contribution in [0.4, 0.5) is 11.6 Å². The topological polar surface area (TPSA) is 70.2 Å². The molecule has 0 bridgehead atoms. The number of amides is 1. The van der Waals surface area contributed by atoms with E-state index in [1.165, 1.54) is 0 Å². The molecule has 1 amide bonds. The molecule has 19 heavy (non-hydrogen) atoms. The van der Waals surface area contributed by atoms with Crippen molar-refractivity contribution < 1.29 is 4.79 Å².